The summed E-state index contributed by atoms with van der Waals surface area (Å²) in [5.41, 5.74) is 12.5. The van der Waals surface area contributed by atoms with Gasteiger partial charge in [0.05, 0.1) is 11.6 Å². The standard InChI is InChI=1S/C26H25N3O/c1-18-3-7-20(8-4-18)23-12-11-22(25(30)29-14-13-26(2,28)17-29)15-24(23)21-9-5-19(16-27)6-10-21/h3-12,15H,13-14,17,28H2,1-2H3/t26-/m0/s1. The van der Waals surface area contributed by atoms with E-state index in [1.165, 1.54) is 5.56 Å². The molecule has 0 aliphatic carbocycles. The van der Waals surface area contributed by atoms with Gasteiger partial charge in [0.25, 0.3) is 5.91 Å². The molecule has 3 aromatic carbocycles. The molecule has 1 amide bonds. The molecule has 1 atom stereocenters. The van der Waals surface area contributed by atoms with E-state index < -0.39 is 0 Å². The molecular weight excluding hydrogens is 370 g/mol. The van der Waals surface area contributed by atoms with E-state index in [4.69, 9.17) is 11.0 Å². The fraction of sp³-hybridized carbons (Fsp3) is 0.231. The minimum Gasteiger partial charge on any atom is -0.337 e. The Morgan fingerprint density at radius 2 is 1.63 bits per heavy atom. The predicted octanol–water partition coefficient (Wildman–Crippen LogP) is 4.76. The lowest BCUT2D eigenvalue weighted by Crippen LogP contribution is -2.40. The molecule has 0 unspecified atom stereocenters. The lowest BCUT2D eigenvalue weighted by Gasteiger charge is -2.21. The van der Waals surface area contributed by atoms with Gasteiger partial charge in [0.2, 0.25) is 0 Å². The number of benzene rings is 3. The molecule has 2 N–H and O–H groups in total. The minimum absolute atomic E-state index is 0.00882. The molecule has 0 saturated carbocycles. The largest absolute Gasteiger partial charge is 0.337 e. The normalized spacial score (nSPS) is 18.3. The van der Waals surface area contributed by atoms with Crippen molar-refractivity contribution in [2.75, 3.05) is 13.1 Å². The number of aryl methyl sites for hydroxylation is 1. The smallest absolute Gasteiger partial charge is 0.253 e. The molecule has 1 aliphatic rings. The van der Waals surface area contributed by atoms with Crippen molar-refractivity contribution in [3.05, 3.63) is 83.4 Å². The Balaban J connectivity index is 1.78. The van der Waals surface area contributed by atoms with Crippen molar-refractivity contribution in [1.29, 1.82) is 5.26 Å². The van der Waals surface area contributed by atoms with Crippen LogP contribution in [0.2, 0.25) is 0 Å². The van der Waals surface area contributed by atoms with E-state index in [2.05, 4.69) is 37.3 Å². The summed E-state index contributed by atoms with van der Waals surface area (Å²) >= 11 is 0. The van der Waals surface area contributed by atoms with E-state index in [1.54, 1.807) is 0 Å². The SMILES string of the molecule is Cc1ccc(-c2ccc(C(=O)N3CC[C@](C)(N)C3)cc2-c2ccc(C#N)cc2)cc1. The summed E-state index contributed by atoms with van der Waals surface area (Å²) in [5, 5.41) is 9.13. The zero-order chi connectivity index (χ0) is 21.3. The highest BCUT2D eigenvalue weighted by Gasteiger charge is 2.33. The van der Waals surface area contributed by atoms with Crippen LogP contribution >= 0.6 is 0 Å². The minimum atomic E-state index is -0.326. The Morgan fingerprint density at radius 1 is 1.00 bits per heavy atom. The van der Waals surface area contributed by atoms with Gasteiger partial charge in [0.1, 0.15) is 0 Å². The molecule has 150 valence electrons. The molecule has 4 nitrogen and oxygen atoms in total. The Hall–Kier alpha value is -3.42. The molecule has 0 radical (unpaired) electrons. The van der Waals surface area contributed by atoms with Gasteiger partial charge in [-0.25, -0.2) is 0 Å². The maximum atomic E-state index is 13.1. The van der Waals surface area contributed by atoms with Crippen LogP contribution in [-0.2, 0) is 0 Å². The molecule has 4 heteroatoms. The van der Waals surface area contributed by atoms with Gasteiger partial charge in [-0.05, 0) is 66.8 Å². The summed E-state index contributed by atoms with van der Waals surface area (Å²) in [5.74, 6) is 0.00882. The van der Waals surface area contributed by atoms with Crippen LogP contribution in [0.3, 0.4) is 0 Å². The van der Waals surface area contributed by atoms with Crippen LogP contribution in [0.25, 0.3) is 22.3 Å². The highest BCUT2D eigenvalue weighted by atomic mass is 16.2. The van der Waals surface area contributed by atoms with Crippen molar-refractivity contribution in [3.8, 4) is 28.3 Å². The predicted molar refractivity (Wildman–Crippen MR) is 120 cm³/mol. The van der Waals surface area contributed by atoms with Gasteiger partial charge < -0.3 is 10.6 Å². The summed E-state index contributed by atoms with van der Waals surface area (Å²) in [7, 11) is 0. The number of carbonyl (C=O) groups is 1. The number of nitrogens with two attached hydrogens (primary N) is 1. The highest BCUT2D eigenvalue weighted by Crippen LogP contribution is 2.34. The van der Waals surface area contributed by atoms with E-state index in [-0.39, 0.29) is 11.4 Å². The van der Waals surface area contributed by atoms with Gasteiger partial charge in [-0.1, -0.05) is 48.0 Å². The number of carbonyl (C=O) groups excluding carboxylic acids is 1. The number of amides is 1. The topological polar surface area (TPSA) is 70.1 Å². The first-order chi connectivity index (χ1) is 14.4. The average Bonchev–Trinajstić information content (AvgIpc) is 3.13. The number of nitriles is 1. The number of rotatable bonds is 3. The number of hydrogen-bond acceptors (Lipinski definition) is 3. The molecule has 0 aromatic heterocycles. The first-order valence-corrected chi connectivity index (χ1v) is 10.2. The van der Waals surface area contributed by atoms with Gasteiger partial charge in [0, 0.05) is 24.2 Å². The molecule has 1 heterocycles. The first-order valence-electron chi connectivity index (χ1n) is 10.2. The highest BCUT2D eigenvalue weighted by molar-refractivity contribution is 5.98. The van der Waals surface area contributed by atoms with Gasteiger partial charge in [0.15, 0.2) is 0 Å². The number of likely N-dealkylation sites (tertiary alicyclic amines) is 1. The summed E-state index contributed by atoms with van der Waals surface area (Å²) in [6, 6.07) is 23.9. The van der Waals surface area contributed by atoms with Crippen molar-refractivity contribution in [2.45, 2.75) is 25.8 Å². The van der Waals surface area contributed by atoms with E-state index in [9.17, 15) is 4.79 Å². The zero-order valence-electron chi connectivity index (χ0n) is 17.4. The van der Waals surface area contributed by atoms with Crippen molar-refractivity contribution in [1.82, 2.24) is 4.90 Å². The fourth-order valence-corrected chi connectivity index (χ4v) is 3.97. The van der Waals surface area contributed by atoms with E-state index in [0.29, 0.717) is 24.2 Å². The van der Waals surface area contributed by atoms with Crippen LogP contribution < -0.4 is 5.73 Å². The van der Waals surface area contributed by atoms with Crippen LogP contribution in [0, 0.1) is 18.3 Å². The van der Waals surface area contributed by atoms with Crippen LogP contribution in [0.5, 0.6) is 0 Å². The van der Waals surface area contributed by atoms with Gasteiger partial charge >= 0.3 is 0 Å². The van der Waals surface area contributed by atoms with Crippen LogP contribution in [-0.4, -0.2) is 29.4 Å². The second-order valence-electron chi connectivity index (χ2n) is 8.45. The van der Waals surface area contributed by atoms with Gasteiger partial charge in [-0.3, -0.25) is 4.79 Å². The second-order valence-corrected chi connectivity index (χ2v) is 8.45. The van der Waals surface area contributed by atoms with Gasteiger partial charge in [-0.15, -0.1) is 0 Å². The van der Waals surface area contributed by atoms with Gasteiger partial charge in [-0.2, -0.15) is 5.26 Å². The fourth-order valence-electron chi connectivity index (χ4n) is 3.97. The van der Waals surface area contributed by atoms with Crippen LogP contribution in [0.1, 0.15) is 34.8 Å². The average molecular weight is 396 g/mol. The van der Waals surface area contributed by atoms with Crippen LogP contribution in [0.15, 0.2) is 66.7 Å². The Morgan fingerprint density at radius 3 is 2.23 bits per heavy atom. The lowest BCUT2D eigenvalue weighted by atomic mass is 9.92. The molecule has 1 aliphatic heterocycles. The third-order valence-corrected chi connectivity index (χ3v) is 5.75. The molecule has 4 rings (SSSR count). The molecule has 1 fully saturated rings. The molecule has 1 saturated heterocycles. The first kappa shape index (κ1) is 19.9. The lowest BCUT2D eigenvalue weighted by molar-refractivity contribution is 0.0785. The summed E-state index contributed by atoms with van der Waals surface area (Å²) in [6.45, 7) is 5.30. The quantitative estimate of drug-likeness (QED) is 0.695. The van der Waals surface area contributed by atoms with E-state index >= 15 is 0 Å². The molecule has 3 aromatic rings. The van der Waals surface area contributed by atoms with Crippen molar-refractivity contribution < 1.29 is 4.79 Å². The molecule has 0 bridgehead atoms. The second kappa shape index (κ2) is 7.78. The Labute approximate surface area is 177 Å². The summed E-state index contributed by atoms with van der Waals surface area (Å²) in [4.78, 5) is 15.0. The summed E-state index contributed by atoms with van der Waals surface area (Å²) < 4.78 is 0. The van der Waals surface area contributed by atoms with E-state index in [0.717, 1.165) is 28.7 Å². The van der Waals surface area contributed by atoms with Crippen molar-refractivity contribution in [3.63, 3.8) is 0 Å². The van der Waals surface area contributed by atoms with Crippen LogP contribution in [0.4, 0.5) is 0 Å². The maximum absolute atomic E-state index is 13.1. The van der Waals surface area contributed by atoms with Crippen molar-refractivity contribution >= 4 is 5.91 Å². The zero-order valence-corrected chi connectivity index (χ0v) is 17.4. The number of nitrogens with zero attached hydrogens (tertiary/aromatic N) is 2. The monoisotopic (exact) mass is 395 g/mol. The molecule has 0 spiro atoms. The maximum Gasteiger partial charge on any atom is 0.253 e. The summed E-state index contributed by atoms with van der Waals surface area (Å²) in [6.07, 6.45) is 0.808. The third-order valence-electron chi connectivity index (χ3n) is 5.75. The molecular formula is C26H25N3O. The number of hydrogen-bond donors (Lipinski definition) is 1. The molecule has 30 heavy (non-hydrogen) atoms. The van der Waals surface area contributed by atoms with E-state index in [1.807, 2.05) is 54.3 Å². The third kappa shape index (κ3) is 3.98. The van der Waals surface area contributed by atoms with Crippen molar-refractivity contribution in [2.24, 2.45) is 5.73 Å². The Kier molecular flexibility index (Phi) is 5.15. The Bertz CT molecular complexity index is 1120.